The Bertz CT molecular complexity index is 1200. The van der Waals surface area contributed by atoms with Gasteiger partial charge in [-0.2, -0.15) is 0 Å². The van der Waals surface area contributed by atoms with Crippen LogP contribution < -0.4 is 0 Å². The fourth-order valence-corrected chi connectivity index (χ4v) is 3.71. The molecule has 0 bridgehead atoms. The van der Waals surface area contributed by atoms with Gasteiger partial charge in [-0.1, -0.05) is 75.3 Å². The van der Waals surface area contributed by atoms with Gasteiger partial charge in [0.05, 0.1) is 5.56 Å². The Balaban J connectivity index is 1.62. The third-order valence-corrected chi connectivity index (χ3v) is 5.78. The Morgan fingerprint density at radius 3 is 1.76 bits per heavy atom. The lowest BCUT2D eigenvalue weighted by Gasteiger charge is -2.03. The predicted octanol–water partition coefficient (Wildman–Crippen LogP) is 8.23. The standard InChI is InChI=1S/C32H32F2/c1-3-5-7-9-27-18-22-30(32(34)23-27)20-17-26-13-11-25(12-14-26)15-16-28-19-21-29(31(33)24-28)10-8-6-4-2/h11-14,18-19,21-24H,3-10H2,1-2H3. The van der Waals surface area contributed by atoms with Crippen molar-refractivity contribution in [2.45, 2.75) is 65.2 Å². The molecule has 174 valence electrons. The van der Waals surface area contributed by atoms with E-state index in [4.69, 9.17) is 0 Å². The molecule has 0 N–H and O–H groups in total. The van der Waals surface area contributed by atoms with Crippen LogP contribution in [0.15, 0.2) is 60.7 Å². The Labute approximate surface area is 203 Å². The van der Waals surface area contributed by atoms with E-state index in [2.05, 4.69) is 37.5 Å². The van der Waals surface area contributed by atoms with Gasteiger partial charge in [-0.3, -0.25) is 0 Å². The smallest absolute Gasteiger partial charge is 0.139 e. The Morgan fingerprint density at radius 1 is 0.559 bits per heavy atom. The van der Waals surface area contributed by atoms with Crippen molar-refractivity contribution in [1.82, 2.24) is 0 Å². The minimum Gasteiger partial charge on any atom is -0.207 e. The van der Waals surface area contributed by atoms with Crippen LogP contribution in [0.4, 0.5) is 8.78 Å². The van der Waals surface area contributed by atoms with Crippen molar-refractivity contribution >= 4 is 0 Å². The van der Waals surface area contributed by atoms with Crippen LogP contribution in [0, 0.1) is 35.3 Å². The van der Waals surface area contributed by atoms with E-state index in [-0.39, 0.29) is 11.6 Å². The van der Waals surface area contributed by atoms with Crippen LogP contribution in [-0.4, -0.2) is 0 Å². The van der Waals surface area contributed by atoms with E-state index in [0.717, 1.165) is 73.6 Å². The van der Waals surface area contributed by atoms with Gasteiger partial charge in [0, 0.05) is 16.7 Å². The van der Waals surface area contributed by atoms with Gasteiger partial charge in [0.15, 0.2) is 0 Å². The first-order valence-electron chi connectivity index (χ1n) is 12.3. The summed E-state index contributed by atoms with van der Waals surface area (Å²) in [7, 11) is 0. The second-order valence-corrected chi connectivity index (χ2v) is 8.61. The van der Waals surface area contributed by atoms with Crippen molar-refractivity contribution in [1.29, 1.82) is 0 Å². The number of halogens is 2. The van der Waals surface area contributed by atoms with Gasteiger partial charge in [0.2, 0.25) is 0 Å². The first-order valence-corrected chi connectivity index (χ1v) is 12.3. The van der Waals surface area contributed by atoms with Crippen LogP contribution in [0.25, 0.3) is 0 Å². The quantitative estimate of drug-likeness (QED) is 0.237. The molecule has 0 spiro atoms. The van der Waals surface area contributed by atoms with Crippen molar-refractivity contribution in [2.24, 2.45) is 0 Å². The van der Waals surface area contributed by atoms with Gasteiger partial charge in [-0.15, -0.1) is 0 Å². The van der Waals surface area contributed by atoms with Gasteiger partial charge in [0.1, 0.15) is 11.6 Å². The molecule has 0 fully saturated rings. The fourth-order valence-electron chi connectivity index (χ4n) is 3.71. The van der Waals surface area contributed by atoms with Gasteiger partial charge in [-0.25, -0.2) is 8.78 Å². The third-order valence-electron chi connectivity index (χ3n) is 5.78. The molecule has 0 amide bonds. The maximum Gasteiger partial charge on any atom is 0.139 e. The van der Waals surface area contributed by atoms with Gasteiger partial charge < -0.3 is 0 Å². The summed E-state index contributed by atoms with van der Waals surface area (Å²) in [5, 5.41) is 0. The van der Waals surface area contributed by atoms with E-state index in [9.17, 15) is 8.78 Å². The number of unbranched alkanes of at least 4 members (excludes halogenated alkanes) is 4. The van der Waals surface area contributed by atoms with E-state index in [1.165, 1.54) is 6.07 Å². The topological polar surface area (TPSA) is 0 Å². The molecule has 3 aromatic rings. The van der Waals surface area contributed by atoms with Crippen LogP contribution in [0.1, 0.15) is 85.8 Å². The molecule has 3 aromatic carbocycles. The Kier molecular flexibility index (Phi) is 9.94. The van der Waals surface area contributed by atoms with Crippen molar-refractivity contribution in [3.63, 3.8) is 0 Å². The average Bonchev–Trinajstić information content (AvgIpc) is 2.84. The zero-order valence-electron chi connectivity index (χ0n) is 20.2. The van der Waals surface area contributed by atoms with Crippen molar-refractivity contribution < 1.29 is 8.78 Å². The summed E-state index contributed by atoms with van der Waals surface area (Å²) >= 11 is 0. The molecule has 2 heteroatoms. The highest BCUT2D eigenvalue weighted by Gasteiger charge is 2.03. The van der Waals surface area contributed by atoms with Crippen LogP contribution in [0.5, 0.6) is 0 Å². The number of aryl methyl sites for hydroxylation is 2. The molecule has 0 saturated carbocycles. The van der Waals surface area contributed by atoms with Crippen molar-refractivity contribution in [3.05, 3.63) is 106 Å². The summed E-state index contributed by atoms with van der Waals surface area (Å²) < 4.78 is 28.7. The highest BCUT2D eigenvalue weighted by Crippen LogP contribution is 2.15. The molecule has 0 nitrogen and oxygen atoms in total. The summed E-state index contributed by atoms with van der Waals surface area (Å²) in [5.41, 5.74) is 4.45. The number of benzene rings is 3. The lowest BCUT2D eigenvalue weighted by atomic mass is 10.0. The van der Waals surface area contributed by atoms with Crippen LogP contribution >= 0.6 is 0 Å². The summed E-state index contributed by atoms with van der Waals surface area (Å²) in [6.45, 7) is 4.30. The lowest BCUT2D eigenvalue weighted by molar-refractivity contribution is 0.598. The molecule has 0 radical (unpaired) electrons. The Morgan fingerprint density at radius 2 is 1.15 bits per heavy atom. The number of hydrogen-bond acceptors (Lipinski definition) is 0. The zero-order valence-corrected chi connectivity index (χ0v) is 20.2. The maximum absolute atomic E-state index is 14.4. The van der Waals surface area contributed by atoms with E-state index in [1.54, 1.807) is 12.1 Å². The SMILES string of the molecule is CCCCCc1ccc(C#Cc2ccc(C#Cc3ccc(CCCCC)c(F)c3)cc2)c(F)c1. The summed E-state index contributed by atoms with van der Waals surface area (Å²) in [6.07, 6.45) is 8.30. The minimum atomic E-state index is -0.271. The average molecular weight is 455 g/mol. The molecule has 0 atom stereocenters. The number of hydrogen-bond donors (Lipinski definition) is 0. The largest absolute Gasteiger partial charge is 0.207 e. The Hall–Kier alpha value is -3.36. The molecule has 0 aliphatic rings. The third kappa shape index (κ3) is 7.90. The first-order chi connectivity index (χ1) is 16.6. The second-order valence-electron chi connectivity index (χ2n) is 8.61. The number of rotatable bonds is 8. The van der Waals surface area contributed by atoms with E-state index < -0.39 is 0 Å². The second kappa shape index (κ2) is 13.4. The van der Waals surface area contributed by atoms with E-state index >= 15 is 0 Å². The van der Waals surface area contributed by atoms with Gasteiger partial charge >= 0.3 is 0 Å². The summed E-state index contributed by atoms with van der Waals surface area (Å²) in [6, 6.07) is 18.0. The van der Waals surface area contributed by atoms with Crippen LogP contribution in [0.3, 0.4) is 0 Å². The minimum absolute atomic E-state index is 0.185. The molecular weight excluding hydrogens is 422 g/mol. The zero-order chi connectivity index (χ0) is 24.2. The molecule has 0 saturated heterocycles. The van der Waals surface area contributed by atoms with E-state index in [0.29, 0.717) is 11.1 Å². The van der Waals surface area contributed by atoms with Crippen molar-refractivity contribution in [2.75, 3.05) is 0 Å². The highest BCUT2D eigenvalue weighted by atomic mass is 19.1. The summed E-state index contributed by atoms with van der Waals surface area (Å²) in [4.78, 5) is 0. The fraction of sp³-hybridized carbons (Fsp3) is 0.312. The maximum atomic E-state index is 14.4. The first kappa shape index (κ1) is 25.3. The molecule has 34 heavy (non-hydrogen) atoms. The molecule has 0 aliphatic heterocycles. The molecule has 0 unspecified atom stereocenters. The molecule has 0 aliphatic carbocycles. The lowest BCUT2D eigenvalue weighted by Crippen LogP contribution is -1.92. The molecule has 0 heterocycles. The van der Waals surface area contributed by atoms with Gasteiger partial charge in [-0.05, 0) is 85.3 Å². The van der Waals surface area contributed by atoms with E-state index in [1.807, 2.05) is 42.5 Å². The predicted molar refractivity (Wildman–Crippen MR) is 138 cm³/mol. The molecular formula is C32H32F2. The van der Waals surface area contributed by atoms with Crippen LogP contribution in [0.2, 0.25) is 0 Å². The molecule has 0 aromatic heterocycles. The summed E-state index contributed by atoms with van der Waals surface area (Å²) in [5.74, 6) is 11.6. The monoisotopic (exact) mass is 454 g/mol. The molecule has 3 rings (SSSR count). The highest BCUT2D eigenvalue weighted by molar-refractivity contribution is 5.48. The normalized spacial score (nSPS) is 10.2. The van der Waals surface area contributed by atoms with Gasteiger partial charge in [0.25, 0.3) is 0 Å². The van der Waals surface area contributed by atoms with Crippen LogP contribution in [-0.2, 0) is 12.8 Å². The van der Waals surface area contributed by atoms with Crippen molar-refractivity contribution in [3.8, 4) is 23.7 Å².